The number of para-hydroxylation sites is 4. The minimum Gasteiger partial charge on any atom is -0.423 e. The van der Waals surface area contributed by atoms with E-state index >= 15 is 0 Å². The molecule has 2 aliphatic heterocycles. The number of hydrogen-bond acceptors (Lipinski definition) is 2. The highest BCUT2D eigenvalue weighted by atomic mass is 79.9. The Bertz CT molecular complexity index is 3820. The standard InChI is InChI=1S/C31H22BNO2.C31H20BrN/c34-32(35)23-18-19-28-25(20-23)24-14-9-16-27-30(24)33(28)29-17-8-7-15-26(29)31(27,21-10-3-1-4-11-21)22-12-5-2-6-13-22;32-23-18-19-28-25(20-23)24-14-9-16-27-30(24)33(28)29-17-8-7-15-26(29)31(27,21-10-3-1-4-11-21)22-12-5-2-6-13-22/h1-20,34-35H;1-20H. The lowest BCUT2D eigenvalue weighted by Crippen LogP contribution is -2.35. The number of halogens is 1. The van der Waals surface area contributed by atoms with Crippen molar-refractivity contribution in [1.82, 2.24) is 9.13 Å². The van der Waals surface area contributed by atoms with Gasteiger partial charge >= 0.3 is 7.12 Å². The molecule has 0 spiro atoms. The van der Waals surface area contributed by atoms with Crippen LogP contribution in [-0.2, 0) is 10.8 Å². The van der Waals surface area contributed by atoms with Gasteiger partial charge in [-0.3, -0.25) is 0 Å². The third kappa shape index (κ3) is 5.63. The maximum atomic E-state index is 9.87. The van der Waals surface area contributed by atoms with Crippen molar-refractivity contribution < 1.29 is 10.0 Å². The molecule has 2 N–H and O–H groups in total. The molecule has 68 heavy (non-hydrogen) atoms. The second kappa shape index (κ2) is 15.7. The van der Waals surface area contributed by atoms with Crippen LogP contribution in [-0.4, -0.2) is 26.3 Å². The van der Waals surface area contributed by atoms with E-state index in [1.54, 1.807) is 6.07 Å². The molecule has 0 unspecified atom stereocenters. The predicted octanol–water partition coefficient (Wildman–Crippen LogP) is 13.4. The number of benzene rings is 10. The van der Waals surface area contributed by atoms with Crippen molar-refractivity contribution in [1.29, 1.82) is 0 Å². The number of hydrogen-bond donors (Lipinski definition) is 2. The van der Waals surface area contributed by atoms with Gasteiger partial charge in [0.05, 0.1) is 44.3 Å². The second-order valence-corrected chi connectivity index (χ2v) is 18.8. The molecule has 6 heteroatoms. The average Bonchev–Trinajstić information content (AvgIpc) is 3.92. The van der Waals surface area contributed by atoms with Crippen molar-refractivity contribution in [2.75, 3.05) is 0 Å². The highest BCUT2D eigenvalue weighted by Gasteiger charge is 2.46. The summed E-state index contributed by atoms with van der Waals surface area (Å²) in [6.07, 6.45) is 0. The Hall–Kier alpha value is -7.74. The topological polar surface area (TPSA) is 50.3 Å². The molecule has 14 rings (SSSR count). The Morgan fingerprint density at radius 2 is 0.706 bits per heavy atom. The Kier molecular flexibility index (Phi) is 9.35. The number of nitrogens with zero attached hydrogens (tertiary/aromatic N) is 2. The minimum atomic E-state index is -1.51. The van der Waals surface area contributed by atoms with Gasteiger partial charge in [-0.25, -0.2) is 0 Å². The monoisotopic (exact) mass is 936 g/mol. The summed E-state index contributed by atoms with van der Waals surface area (Å²) in [5, 5.41) is 24.4. The Morgan fingerprint density at radius 1 is 0.338 bits per heavy atom. The molecule has 0 fully saturated rings. The van der Waals surface area contributed by atoms with Crippen LogP contribution in [0.4, 0.5) is 0 Å². The van der Waals surface area contributed by atoms with Gasteiger partial charge in [-0.15, -0.1) is 0 Å². The summed E-state index contributed by atoms with van der Waals surface area (Å²) in [6, 6.07) is 86.6. The fourth-order valence-electron chi connectivity index (χ4n) is 12.0. The first-order valence-corrected chi connectivity index (χ1v) is 23.9. The molecule has 12 aromatic rings. The summed E-state index contributed by atoms with van der Waals surface area (Å²) in [4.78, 5) is 0. The van der Waals surface area contributed by atoms with E-state index in [0.717, 1.165) is 32.0 Å². The molecule has 2 aliphatic rings. The molecule has 0 atom stereocenters. The van der Waals surface area contributed by atoms with Crippen molar-refractivity contribution in [3.63, 3.8) is 0 Å². The van der Waals surface area contributed by atoms with Crippen LogP contribution < -0.4 is 5.46 Å². The normalized spacial score (nSPS) is 13.8. The molecule has 10 aromatic carbocycles. The average molecular weight is 938 g/mol. The molecule has 0 saturated carbocycles. The molecular weight excluding hydrogens is 895 g/mol. The lowest BCUT2D eigenvalue weighted by atomic mass is 9.63. The molecule has 0 aliphatic carbocycles. The summed E-state index contributed by atoms with van der Waals surface area (Å²) >= 11 is 3.70. The summed E-state index contributed by atoms with van der Waals surface area (Å²) in [6.45, 7) is 0. The van der Waals surface area contributed by atoms with Crippen molar-refractivity contribution in [2.24, 2.45) is 0 Å². The van der Waals surface area contributed by atoms with E-state index in [1.807, 2.05) is 12.1 Å². The van der Waals surface area contributed by atoms with E-state index < -0.39 is 17.9 Å². The van der Waals surface area contributed by atoms with Gasteiger partial charge in [-0.1, -0.05) is 222 Å². The molecule has 2 aromatic heterocycles. The van der Waals surface area contributed by atoms with E-state index in [2.05, 4.69) is 250 Å². The number of aromatic nitrogens is 2. The van der Waals surface area contributed by atoms with E-state index in [0.29, 0.717) is 5.46 Å². The predicted molar refractivity (Wildman–Crippen MR) is 283 cm³/mol. The van der Waals surface area contributed by atoms with Crippen LogP contribution in [0.5, 0.6) is 0 Å². The van der Waals surface area contributed by atoms with Gasteiger partial charge in [0, 0.05) is 26.0 Å². The van der Waals surface area contributed by atoms with Gasteiger partial charge in [0.25, 0.3) is 0 Å². The zero-order valence-corrected chi connectivity index (χ0v) is 38.4. The first-order valence-electron chi connectivity index (χ1n) is 23.1. The smallest absolute Gasteiger partial charge is 0.423 e. The van der Waals surface area contributed by atoms with Crippen LogP contribution in [0, 0.1) is 0 Å². The second-order valence-electron chi connectivity index (χ2n) is 17.9. The van der Waals surface area contributed by atoms with E-state index in [-0.39, 0.29) is 0 Å². The Balaban J connectivity index is 0.000000135. The maximum absolute atomic E-state index is 9.87. The molecule has 0 saturated heterocycles. The molecule has 322 valence electrons. The summed E-state index contributed by atoms with van der Waals surface area (Å²) in [5.74, 6) is 0. The maximum Gasteiger partial charge on any atom is 0.488 e. The van der Waals surface area contributed by atoms with E-state index in [4.69, 9.17) is 0 Å². The molecular formula is C62H42BBrN2O2. The van der Waals surface area contributed by atoms with Gasteiger partial charge in [0.15, 0.2) is 0 Å². The van der Waals surface area contributed by atoms with E-state index in [1.165, 1.54) is 72.0 Å². The SMILES string of the molecule is Brc1ccc2c(c1)c1cccc3c1n2-c1ccccc1C3(c1ccccc1)c1ccccc1.OB(O)c1ccc2c(c1)c1cccc3c1n2-c1ccccc1C3(c1ccccc1)c1ccccc1. The third-order valence-corrected chi connectivity index (χ3v) is 15.1. The van der Waals surface area contributed by atoms with Crippen molar-refractivity contribution in [3.8, 4) is 11.4 Å². The van der Waals surface area contributed by atoms with Crippen molar-refractivity contribution in [2.45, 2.75) is 10.8 Å². The lowest BCUT2D eigenvalue weighted by molar-refractivity contribution is 0.426. The highest BCUT2D eigenvalue weighted by Crippen LogP contribution is 2.56. The fourth-order valence-corrected chi connectivity index (χ4v) is 12.3. The molecule has 0 amide bonds. The Morgan fingerprint density at radius 3 is 1.13 bits per heavy atom. The van der Waals surface area contributed by atoms with Crippen LogP contribution >= 0.6 is 15.9 Å². The first-order chi connectivity index (χ1) is 33.5. The van der Waals surface area contributed by atoms with E-state index in [9.17, 15) is 10.0 Å². The van der Waals surface area contributed by atoms with Gasteiger partial charge in [-0.2, -0.15) is 0 Å². The van der Waals surface area contributed by atoms with Crippen LogP contribution in [0.2, 0.25) is 0 Å². The van der Waals surface area contributed by atoms with Crippen LogP contribution in [0.1, 0.15) is 44.5 Å². The molecule has 4 heterocycles. The van der Waals surface area contributed by atoms with Crippen molar-refractivity contribution >= 4 is 72.1 Å². The summed E-state index contributed by atoms with van der Waals surface area (Å²) < 4.78 is 5.91. The molecule has 4 nitrogen and oxygen atoms in total. The highest BCUT2D eigenvalue weighted by molar-refractivity contribution is 9.10. The van der Waals surface area contributed by atoms with Crippen molar-refractivity contribution in [3.05, 3.63) is 292 Å². The fraction of sp³-hybridized carbons (Fsp3) is 0.0323. The van der Waals surface area contributed by atoms with Gasteiger partial charge < -0.3 is 19.2 Å². The van der Waals surface area contributed by atoms with Crippen LogP contribution in [0.15, 0.2) is 247 Å². The van der Waals surface area contributed by atoms with Gasteiger partial charge in [0.1, 0.15) is 0 Å². The van der Waals surface area contributed by atoms with Gasteiger partial charge in [0.2, 0.25) is 0 Å². The Labute approximate surface area is 402 Å². The van der Waals surface area contributed by atoms with Gasteiger partial charge in [-0.05, 0) is 86.4 Å². The largest absolute Gasteiger partial charge is 0.488 e. The van der Waals surface area contributed by atoms with Crippen LogP contribution in [0.3, 0.4) is 0 Å². The molecule has 0 bridgehead atoms. The number of fused-ring (bicyclic) bond motifs is 10. The molecule has 0 radical (unpaired) electrons. The quantitative estimate of drug-likeness (QED) is 0.169. The summed E-state index contributed by atoms with van der Waals surface area (Å²) in [7, 11) is -1.51. The number of rotatable bonds is 5. The third-order valence-electron chi connectivity index (χ3n) is 14.6. The first kappa shape index (κ1) is 40.5. The zero-order chi connectivity index (χ0) is 45.6. The summed E-state index contributed by atoms with van der Waals surface area (Å²) in [5.41, 5.74) is 16.8. The minimum absolute atomic E-state index is 0.403. The lowest BCUT2D eigenvalue weighted by Gasteiger charge is -2.41. The van der Waals surface area contributed by atoms with Crippen LogP contribution in [0.25, 0.3) is 55.0 Å². The zero-order valence-electron chi connectivity index (χ0n) is 36.8.